The van der Waals surface area contributed by atoms with E-state index in [9.17, 15) is 9.59 Å². The third kappa shape index (κ3) is 2.73. The highest BCUT2D eigenvalue weighted by Gasteiger charge is 2.25. The van der Waals surface area contributed by atoms with E-state index in [4.69, 9.17) is 0 Å². The summed E-state index contributed by atoms with van der Waals surface area (Å²) in [5.41, 5.74) is 2.31. The number of benzene rings is 1. The molecule has 0 fully saturated rings. The summed E-state index contributed by atoms with van der Waals surface area (Å²) < 4.78 is 4.63. The van der Waals surface area contributed by atoms with E-state index in [0.717, 1.165) is 11.4 Å². The zero-order valence-electron chi connectivity index (χ0n) is 11.3. The van der Waals surface area contributed by atoms with E-state index < -0.39 is 0 Å². The Morgan fingerprint density at radius 1 is 1.48 bits per heavy atom. The summed E-state index contributed by atoms with van der Waals surface area (Å²) in [6.45, 7) is 0.211. The minimum absolute atomic E-state index is 0.0848. The number of nitrogens with zero attached hydrogens (tertiary/aromatic N) is 2. The molecule has 21 heavy (non-hydrogen) atoms. The van der Waals surface area contributed by atoms with Crippen molar-refractivity contribution in [3.63, 3.8) is 0 Å². The second kappa shape index (κ2) is 5.53. The predicted octanol–water partition coefficient (Wildman–Crippen LogP) is 1.95. The van der Waals surface area contributed by atoms with Crippen LogP contribution in [-0.4, -0.2) is 30.5 Å². The van der Waals surface area contributed by atoms with Gasteiger partial charge in [0.25, 0.3) is 0 Å². The number of aromatic nitrogens is 1. The molecular formula is C14H13N3O3S. The molecule has 7 heteroatoms. The van der Waals surface area contributed by atoms with Crippen LogP contribution in [-0.2, 0) is 20.7 Å². The number of amides is 1. The van der Waals surface area contributed by atoms with Crippen molar-refractivity contribution in [3.8, 4) is 0 Å². The second-order valence-electron chi connectivity index (χ2n) is 4.53. The van der Waals surface area contributed by atoms with Crippen molar-refractivity contribution in [2.45, 2.75) is 6.42 Å². The van der Waals surface area contributed by atoms with E-state index in [0.29, 0.717) is 10.8 Å². The predicted molar refractivity (Wildman–Crippen MR) is 79.9 cm³/mol. The van der Waals surface area contributed by atoms with Crippen LogP contribution in [0.1, 0.15) is 5.69 Å². The third-order valence-electron chi connectivity index (χ3n) is 3.09. The first kappa shape index (κ1) is 13.6. The molecule has 0 atom stereocenters. The number of ether oxygens (including phenoxy) is 1. The van der Waals surface area contributed by atoms with Crippen molar-refractivity contribution in [1.82, 2.24) is 4.98 Å². The van der Waals surface area contributed by atoms with Crippen LogP contribution in [0.15, 0.2) is 29.6 Å². The molecule has 1 aromatic carbocycles. The van der Waals surface area contributed by atoms with Gasteiger partial charge in [-0.15, -0.1) is 11.3 Å². The van der Waals surface area contributed by atoms with Gasteiger partial charge in [0.15, 0.2) is 5.13 Å². The first-order chi connectivity index (χ1) is 10.2. The second-order valence-corrected chi connectivity index (χ2v) is 5.36. The van der Waals surface area contributed by atoms with Crippen LogP contribution < -0.4 is 10.2 Å². The van der Waals surface area contributed by atoms with Gasteiger partial charge in [-0.05, 0) is 12.1 Å². The molecule has 0 bridgehead atoms. The van der Waals surface area contributed by atoms with Gasteiger partial charge < -0.3 is 15.0 Å². The van der Waals surface area contributed by atoms with E-state index in [1.165, 1.54) is 18.4 Å². The molecule has 2 aromatic rings. The maximum atomic E-state index is 11.8. The highest BCUT2D eigenvalue weighted by Crippen LogP contribution is 2.36. The lowest BCUT2D eigenvalue weighted by Crippen LogP contribution is -2.34. The fourth-order valence-electron chi connectivity index (χ4n) is 2.13. The molecule has 2 heterocycles. The number of carbonyl (C=O) groups excluding carboxylic acids is 2. The topological polar surface area (TPSA) is 71.5 Å². The fourth-order valence-corrected chi connectivity index (χ4v) is 2.96. The van der Waals surface area contributed by atoms with Crippen molar-refractivity contribution >= 4 is 39.7 Å². The molecule has 0 aliphatic carbocycles. The van der Waals surface area contributed by atoms with Gasteiger partial charge in [-0.1, -0.05) is 12.1 Å². The number of nitrogens with one attached hydrogen (secondary N) is 1. The van der Waals surface area contributed by atoms with Crippen LogP contribution in [0.4, 0.5) is 16.5 Å². The summed E-state index contributed by atoms with van der Waals surface area (Å²) in [6.07, 6.45) is 0.134. The molecule has 1 N–H and O–H groups in total. The van der Waals surface area contributed by atoms with Gasteiger partial charge in [0.2, 0.25) is 5.91 Å². The Kier molecular flexibility index (Phi) is 3.57. The average molecular weight is 303 g/mol. The highest BCUT2D eigenvalue weighted by molar-refractivity contribution is 7.13. The molecule has 1 aromatic heterocycles. The van der Waals surface area contributed by atoms with Gasteiger partial charge in [0, 0.05) is 5.38 Å². The number of thiazole rings is 1. The molecule has 1 amide bonds. The molecule has 6 nitrogen and oxygen atoms in total. The van der Waals surface area contributed by atoms with Crippen LogP contribution in [0.25, 0.3) is 0 Å². The minimum atomic E-state index is -0.330. The van der Waals surface area contributed by atoms with E-state index in [2.05, 4.69) is 15.0 Å². The Bertz CT molecular complexity index is 698. The third-order valence-corrected chi connectivity index (χ3v) is 4.01. The van der Waals surface area contributed by atoms with Crippen LogP contribution in [0.5, 0.6) is 0 Å². The average Bonchev–Trinajstić information content (AvgIpc) is 2.94. The maximum Gasteiger partial charge on any atom is 0.311 e. The van der Waals surface area contributed by atoms with Crippen LogP contribution >= 0.6 is 11.3 Å². The SMILES string of the molecule is COC(=O)Cc1csc(N2CC(=O)Nc3ccccc32)n1. The Morgan fingerprint density at radius 2 is 2.29 bits per heavy atom. The van der Waals surface area contributed by atoms with Crippen molar-refractivity contribution in [2.24, 2.45) is 0 Å². The number of carbonyl (C=O) groups is 2. The normalized spacial score (nSPS) is 13.6. The van der Waals surface area contributed by atoms with Gasteiger partial charge in [0.1, 0.15) is 6.54 Å². The zero-order chi connectivity index (χ0) is 14.8. The standard InChI is InChI=1S/C14H13N3O3S/c1-20-13(19)6-9-8-21-14(15-9)17-7-12(18)16-10-4-2-3-5-11(10)17/h2-5,8H,6-7H2,1H3,(H,16,18). The first-order valence-corrected chi connectivity index (χ1v) is 7.23. The van der Waals surface area contributed by atoms with Crippen molar-refractivity contribution in [3.05, 3.63) is 35.3 Å². The van der Waals surface area contributed by atoms with Crippen LogP contribution in [0.3, 0.4) is 0 Å². The minimum Gasteiger partial charge on any atom is -0.469 e. The fraction of sp³-hybridized carbons (Fsp3) is 0.214. The number of methoxy groups -OCH3 is 1. The van der Waals surface area contributed by atoms with Crippen molar-refractivity contribution < 1.29 is 14.3 Å². The van der Waals surface area contributed by atoms with Gasteiger partial charge in [-0.25, -0.2) is 4.98 Å². The Labute approximate surface area is 125 Å². The number of para-hydroxylation sites is 2. The molecule has 0 unspecified atom stereocenters. The summed E-state index contributed by atoms with van der Waals surface area (Å²) in [5, 5.41) is 5.33. The molecular weight excluding hydrogens is 290 g/mol. The van der Waals surface area contributed by atoms with E-state index in [1.54, 1.807) is 5.38 Å². The van der Waals surface area contributed by atoms with E-state index >= 15 is 0 Å². The van der Waals surface area contributed by atoms with E-state index in [-0.39, 0.29) is 24.8 Å². The van der Waals surface area contributed by atoms with Crippen LogP contribution in [0, 0.1) is 0 Å². The summed E-state index contributed by atoms with van der Waals surface area (Å²) in [6, 6.07) is 7.55. The monoisotopic (exact) mass is 303 g/mol. The van der Waals surface area contributed by atoms with Gasteiger partial charge in [0.05, 0.1) is 30.6 Å². The molecule has 0 spiro atoms. The van der Waals surface area contributed by atoms with Crippen molar-refractivity contribution in [1.29, 1.82) is 0 Å². The quantitative estimate of drug-likeness (QED) is 0.878. The zero-order valence-corrected chi connectivity index (χ0v) is 12.1. The van der Waals surface area contributed by atoms with Gasteiger partial charge in [-0.2, -0.15) is 0 Å². The Morgan fingerprint density at radius 3 is 3.10 bits per heavy atom. The molecule has 108 valence electrons. The number of hydrogen-bond acceptors (Lipinski definition) is 6. The molecule has 0 radical (unpaired) electrons. The van der Waals surface area contributed by atoms with E-state index in [1.807, 2.05) is 29.2 Å². The number of rotatable bonds is 3. The van der Waals surface area contributed by atoms with Crippen LogP contribution in [0.2, 0.25) is 0 Å². The number of esters is 1. The lowest BCUT2D eigenvalue weighted by atomic mass is 10.2. The number of anilines is 3. The summed E-state index contributed by atoms with van der Waals surface area (Å²) in [4.78, 5) is 29.3. The number of hydrogen-bond donors (Lipinski definition) is 1. The van der Waals surface area contributed by atoms with Crippen molar-refractivity contribution in [2.75, 3.05) is 23.9 Å². The summed E-state index contributed by atoms with van der Waals surface area (Å²) in [5.74, 6) is -0.415. The largest absolute Gasteiger partial charge is 0.469 e. The molecule has 1 aliphatic rings. The summed E-state index contributed by atoms with van der Waals surface area (Å²) in [7, 11) is 1.35. The number of fused-ring (bicyclic) bond motifs is 1. The molecule has 0 saturated carbocycles. The summed E-state index contributed by atoms with van der Waals surface area (Å²) >= 11 is 1.40. The molecule has 1 aliphatic heterocycles. The molecule has 3 rings (SSSR count). The van der Waals surface area contributed by atoms with Gasteiger partial charge >= 0.3 is 5.97 Å². The highest BCUT2D eigenvalue weighted by atomic mass is 32.1. The lowest BCUT2D eigenvalue weighted by Gasteiger charge is -2.28. The first-order valence-electron chi connectivity index (χ1n) is 6.35. The molecule has 0 saturated heterocycles. The van der Waals surface area contributed by atoms with Gasteiger partial charge in [-0.3, -0.25) is 9.59 Å². The Hall–Kier alpha value is -2.41. The maximum absolute atomic E-state index is 11.8. The smallest absolute Gasteiger partial charge is 0.311 e. The lowest BCUT2D eigenvalue weighted by molar-refractivity contribution is -0.139. The Balaban J connectivity index is 1.90.